The monoisotopic (exact) mass is 480 g/mol. The molecule has 2 heterocycles. The molecule has 0 spiro atoms. The lowest BCUT2D eigenvalue weighted by Gasteiger charge is -2.23. The number of alkyl halides is 6. The standard InChI is InChI=1S/C24H18F6N2O2/c1-14-12-31-21-20(19(14)16-5-3-2-4-6-16)22(33)32(7-8-34-21)13-15-9-17(23(25,26)27)11-18(10-15)24(28,29)30/h2-6,9-12H,7-8,13H2,1H3. The van der Waals surface area contributed by atoms with Gasteiger partial charge in [0.1, 0.15) is 12.2 Å². The molecule has 1 aliphatic heterocycles. The second kappa shape index (κ2) is 8.66. The van der Waals surface area contributed by atoms with Crippen molar-refractivity contribution in [3.05, 3.63) is 82.5 Å². The molecule has 1 aromatic heterocycles. The summed E-state index contributed by atoms with van der Waals surface area (Å²) < 4.78 is 85.2. The Morgan fingerprint density at radius 1 is 0.941 bits per heavy atom. The molecule has 4 nitrogen and oxygen atoms in total. The van der Waals surface area contributed by atoms with Crippen LogP contribution < -0.4 is 4.74 Å². The van der Waals surface area contributed by atoms with Crippen molar-refractivity contribution in [3.63, 3.8) is 0 Å². The molecule has 0 N–H and O–H groups in total. The van der Waals surface area contributed by atoms with Crippen LogP contribution in [0.1, 0.15) is 32.6 Å². The second-order valence-corrected chi connectivity index (χ2v) is 7.85. The number of ether oxygens (including phenoxy) is 1. The molecule has 4 rings (SSSR count). The van der Waals surface area contributed by atoms with E-state index < -0.39 is 35.9 Å². The Labute approximate surface area is 190 Å². The number of pyridine rings is 1. The lowest BCUT2D eigenvalue weighted by Crippen LogP contribution is -2.32. The van der Waals surface area contributed by atoms with Crippen molar-refractivity contribution < 1.29 is 35.9 Å². The van der Waals surface area contributed by atoms with Gasteiger partial charge in [-0.3, -0.25) is 4.79 Å². The van der Waals surface area contributed by atoms with Crippen LogP contribution in [0.3, 0.4) is 0 Å². The van der Waals surface area contributed by atoms with Crippen LogP contribution >= 0.6 is 0 Å². The molecule has 0 radical (unpaired) electrons. The highest BCUT2D eigenvalue weighted by Crippen LogP contribution is 2.38. The Morgan fingerprint density at radius 2 is 1.56 bits per heavy atom. The van der Waals surface area contributed by atoms with Crippen molar-refractivity contribution in [2.24, 2.45) is 0 Å². The number of carbonyl (C=O) groups excluding carboxylic acids is 1. The highest BCUT2D eigenvalue weighted by Gasteiger charge is 2.37. The largest absolute Gasteiger partial charge is 0.475 e. The predicted octanol–water partition coefficient (Wildman–Crippen LogP) is 6.13. The van der Waals surface area contributed by atoms with E-state index in [0.717, 1.165) is 0 Å². The number of benzene rings is 2. The van der Waals surface area contributed by atoms with Gasteiger partial charge in [-0.1, -0.05) is 30.3 Å². The number of carbonyl (C=O) groups is 1. The quantitative estimate of drug-likeness (QED) is 0.424. The lowest BCUT2D eigenvalue weighted by atomic mass is 9.96. The molecule has 10 heteroatoms. The maximum Gasteiger partial charge on any atom is 0.416 e. The molecule has 0 atom stereocenters. The summed E-state index contributed by atoms with van der Waals surface area (Å²) in [5, 5.41) is 0. The van der Waals surface area contributed by atoms with Crippen LogP contribution in [0.15, 0.2) is 54.7 Å². The van der Waals surface area contributed by atoms with Gasteiger partial charge in [-0.25, -0.2) is 4.98 Å². The van der Waals surface area contributed by atoms with E-state index in [1.165, 1.54) is 4.90 Å². The molecular formula is C24H18F6N2O2. The predicted molar refractivity (Wildman–Crippen MR) is 111 cm³/mol. The van der Waals surface area contributed by atoms with Gasteiger partial charge < -0.3 is 9.64 Å². The molecule has 34 heavy (non-hydrogen) atoms. The third-order valence-corrected chi connectivity index (χ3v) is 5.42. The molecule has 1 aliphatic rings. The van der Waals surface area contributed by atoms with Crippen LogP contribution in [-0.4, -0.2) is 28.9 Å². The summed E-state index contributed by atoms with van der Waals surface area (Å²) in [6, 6.07) is 10.2. The summed E-state index contributed by atoms with van der Waals surface area (Å²) in [7, 11) is 0. The van der Waals surface area contributed by atoms with Crippen molar-refractivity contribution in [1.29, 1.82) is 0 Å². The van der Waals surface area contributed by atoms with Crippen LogP contribution in [0.5, 0.6) is 5.88 Å². The van der Waals surface area contributed by atoms with Gasteiger partial charge in [0.2, 0.25) is 5.88 Å². The lowest BCUT2D eigenvalue weighted by molar-refractivity contribution is -0.143. The van der Waals surface area contributed by atoms with E-state index in [9.17, 15) is 31.1 Å². The maximum atomic E-state index is 13.5. The Bertz CT molecular complexity index is 1190. The summed E-state index contributed by atoms with van der Waals surface area (Å²) in [5.74, 6) is -0.523. The zero-order valence-electron chi connectivity index (χ0n) is 17.8. The fourth-order valence-electron chi connectivity index (χ4n) is 3.87. The molecule has 3 aromatic rings. The molecule has 1 amide bonds. The SMILES string of the molecule is Cc1cnc2c(c1-c1ccccc1)C(=O)N(Cc1cc(C(F)(F)F)cc(C(F)(F)F)c1)CCO2. The zero-order chi connectivity index (χ0) is 24.7. The maximum absolute atomic E-state index is 13.5. The van der Waals surface area contributed by atoms with Gasteiger partial charge in [-0.15, -0.1) is 0 Å². The van der Waals surface area contributed by atoms with Crippen LogP contribution in [0, 0.1) is 6.92 Å². The van der Waals surface area contributed by atoms with Gasteiger partial charge in [0.15, 0.2) is 0 Å². The summed E-state index contributed by atoms with van der Waals surface area (Å²) in [6.45, 7) is 1.23. The van der Waals surface area contributed by atoms with Gasteiger partial charge in [-0.2, -0.15) is 26.3 Å². The van der Waals surface area contributed by atoms with Crippen LogP contribution in [0.2, 0.25) is 0 Å². The van der Waals surface area contributed by atoms with Gasteiger partial charge in [-0.05, 0) is 41.8 Å². The molecular weight excluding hydrogens is 462 g/mol. The molecule has 0 aliphatic carbocycles. The van der Waals surface area contributed by atoms with Gasteiger partial charge in [0.05, 0.1) is 17.7 Å². The van der Waals surface area contributed by atoms with Gasteiger partial charge >= 0.3 is 12.4 Å². The molecule has 178 valence electrons. The average Bonchev–Trinajstić information content (AvgIpc) is 2.92. The average molecular weight is 480 g/mol. The van der Waals surface area contributed by atoms with Gasteiger partial charge in [0, 0.05) is 18.3 Å². The normalized spacial score (nSPS) is 14.4. The summed E-state index contributed by atoms with van der Waals surface area (Å²) in [4.78, 5) is 18.9. The highest BCUT2D eigenvalue weighted by atomic mass is 19.4. The number of hydrogen-bond acceptors (Lipinski definition) is 3. The van der Waals surface area contributed by atoms with Crippen molar-refractivity contribution in [1.82, 2.24) is 9.88 Å². The first kappa shape index (κ1) is 23.6. The van der Waals surface area contributed by atoms with E-state index in [2.05, 4.69) is 4.98 Å². The van der Waals surface area contributed by atoms with Crippen LogP contribution in [0.25, 0.3) is 11.1 Å². The third-order valence-electron chi connectivity index (χ3n) is 5.42. The first-order valence-corrected chi connectivity index (χ1v) is 10.2. The Kier molecular flexibility index (Phi) is 6.01. The van der Waals surface area contributed by atoms with E-state index >= 15 is 0 Å². The fourth-order valence-corrected chi connectivity index (χ4v) is 3.87. The second-order valence-electron chi connectivity index (χ2n) is 7.85. The number of halogens is 6. The number of aryl methyl sites for hydroxylation is 1. The number of amides is 1. The summed E-state index contributed by atoms with van der Waals surface area (Å²) in [6.07, 6.45) is -8.40. The van der Waals surface area contributed by atoms with E-state index in [1.54, 1.807) is 43.5 Å². The third kappa shape index (κ3) is 4.71. The Hall–Kier alpha value is -3.56. The molecule has 0 bridgehead atoms. The zero-order valence-corrected chi connectivity index (χ0v) is 17.8. The van der Waals surface area contributed by atoms with Crippen LogP contribution in [0.4, 0.5) is 26.3 Å². The van der Waals surface area contributed by atoms with Crippen molar-refractivity contribution in [2.75, 3.05) is 13.2 Å². The molecule has 0 saturated heterocycles. The minimum absolute atomic E-state index is 0.0197. The Balaban J connectivity index is 1.77. The van der Waals surface area contributed by atoms with E-state index in [1.807, 2.05) is 0 Å². The topological polar surface area (TPSA) is 42.4 Å². The van der Waals surface area contributed by atoms with Crippen molar-refractivity contribution in [3.8, 4) is 17.0 Å². The summed E-state index contributed by atoms with van der Waals surface area (Å²) >= 11 is 0. The van der Waals surface area contributed by atoms with Crippen molar-refractivity contribution in [2.45, 2.75) is 25.8 Å². The first-order chi connectivity index (χ1) is 15.9. The van der Waals surface area contributed by atoms with E-state index in [-0.39, 0.29) is 36.2 Å². The molecule has 0 fully saturated rings. The van der Waals surface area contributed by atoms with Crippen LogP contribution in [-0.2, 0) is 18.9 Å². The molecule has 0 saturated carbocycles. The van der Waals surface area contributed by atoms with Gasteiger partial charge in [0.25, 0.3) is 5.91 Å². The summed E-state index contributed by atoms with van der Waals surface area (Å²) in [5.41, 5.74) is -1.12. The molecule has 2 aromatic carbocycles. The number of nitrogens with zero attached hydrogens (tertiary/aromatic N) is 2. The highest BCUT2D eigenvalue weighted by molar-refractivity contribution is 6.03. The fraction of sp³-hybridized carbons (Fsp3) is 0.250. The number of fused-ring (bicyclic) bond motifs is 1. The Morgan fingerprint density at radius 3 is 2.15 bits per heavy atom. The smallest absolute Gasteiger partial charge is 0.416 e. The minimum Gasteiger partial charge on any atom is -0.475 e. The molecule has 0 unspecified atom stereocenters. The van der Waals surface area contributed by atoms with E-state index in [4.69, 9.17) is 4.74 Å². The number of rotatable bonds is 3. The number of hydrogen-bond donors (Lipinski definition) is 0. The first-order valence-electron chi connectivity index (χ1n) is 10.2. The number of aromatic nitrogens is 1. The minimum atomic E-state index is -4.98. The van der Waals surface area contributed by atoms with E-state index in [0.29, 0.717) is 28.8 Å². The van der Waals surface area contributed by atoms with Crippen molar-refractivity contribution >= 4 is 5.91 Å².